The fraction of sp³-hybridized carbons (Fsp3) is 0.200. The highest BCUT2D eigenvalue weighted by Crippen LogP contribution is 2.32. The Hall–Kier alpha value is -2.52. The number of nitrogens with zero attached hydrogens (tertiary/aromatic N) is 1. The Labute approximate surface area is 137 Å². The summed E-state index contributed by atoms with van der Waals surface area (Å²) >= 11 is 0. The van der Waals surface area contributed by atoms with Gasteiger partial charge in [0.1, 0.15) is 16.4 Å². The topological polar surface area (TPSA) is 110 Å². The number of anilines is 1. The lowest BCUT2D eigenvalue weighted by Gasteiger charge is -2.14. The number of aliphatic hydroxyl groups excluding tert-OH is 1. The van der Waals surface area contributed by atoms with E-state index in [1.165, 1.54) is 30.3 Å². The van der Waals surface area contributed by atoms with Crippen LogP contribution in [0.3, 0.4) is 0 Å². The van der Waals surface area contributed by atoms with E-state index in [1.54, 1.807) is 0 Å². The number of hydrogen-bond donors (Lipinski definition) is 2. The van der Waals surface area contributed by atoms with Gasteiger partial charge in [0.15, 0.2) is 9.84 Å². The van der Waals surface area contributed by atoms with Gasteiger partial charge in [-0.2, -0.15) is 0 Å². The van der Waals surface area contributed by atoms with Crippen LogP contribution in [0.15, 0.2) is 47.4 Å². The van der Waals surface area contributed by atoms with Gasteiger partial charge >= 0.3 is 5.69 Å². The molecule has 1 atom stereocenters. The summed E-state index contributed by atoms with van der Waals surface area (Å²) in [5.74, 6) is -0.517. The van der Waals surface area contributed by atoms with Crippen molar-refractivity contribution in [3.8, 4) is 0 Å². The van der Waals surface area contributed by atoms with Crippen LogP contribution in [0.2, 0.25) is 0 Å². The molecule has 0 saturated carbocycles. The molecule has 7 nitrogen and oxygen atoms in total. The molecule has 0 aromatic heterocycles. The number of rotatable bonds is 6. The number of halogens is 1. The summed E-state index contributed by atoms with van der Waals surface area (Å²) in [6.07, 6.45) is -0.247. The Balaban J connectivity index is 2.29. The Morgan fingerprint density at radius 1 is 1.29 bits per heavy atom. The van der Waals surface area contributed by atoms with Crippen molar-refractivity contribution >= 4 is 21.2 Å². The van der Waals surface area contributed by atoms with Gasteiger partial charge in [0.2, 0.25) is 0 Å². The molecule has 0 saturated heterocycles. The van der Waals surface area contributed by atoms with E-state index in [9.17, 15) is 28.0 Å². The second-order valence-corrected chi connectivity index (χ2v) is 7.12. The Morgan fingerprint density at radius 3 is 2.54 bits per heavy atom. The summed E-state index contributed by atoms with van der Waals surface area (Å²) in [6, 6.07) is 9.15. The average Bonchev–Trinajstić information content (AvgIpc) is 2.51. The van der Waals surface area contributed by atoms with Gasteiger partial charge in [0, 0.05) is 12.8 Å². The molecular formula is C15H15FN2O5S. The molecule has 0 bridgehead atoms. The molecule has 0 fully saturated rings. The van der Waals surface area contributed by atoms with Crippen LogP contribution in [-0.2, 0) is 9.84 Å². The molecule has 0 heterocycles. The fourth-order valence-electron chi connectivity index (χ4n) is 2.19. The lowest BCUT2D eigenvalue weighted by Crippen LogP contribution is -2.14. The van der Waals surface area contributed by atoms with Crippen LogP contribution in [0.25, 0.3) is 0 Å². The molecule has 2 aromatic carbocycles. The quantitative estimate of drug-likeness (QED) is 0.608. The van der Waals surface area contributed by atoms with Gasteiger partial charge in [-0.05, 0) is 29.8 Å². The molecule has 2 rings (SSSR count). The van der Waals surface area contributed by atoms with E-state index < -0.39 is 37.3 Å². The standard InChI is InChI=1S/C15H15FN2O5S/c1-24(22,23)14-7-3-6-12(15(14)18(20)21)17-9-13(19)10-4-2-5-11(16)8-10/h2-8,13,17,19H,9H2,1H3. The van der Waals surface area contributed by atoms with E-state index >= 15 is 0 Å². The van der Waals surface area contributed by atoms with Crippen molar-refractivity contribution in [1.29, 1.82) is 0 Å². The monoisotopic (exact) mass is 354 g/mol. The van der Waals surface area contributed by atoms with Crippen LogP contribution < -0.4 is 5.32 Å². The number of nitro benzene ring substituents is 1. The number of nitrogens with one attached hydrogen (secondary N) is 1. The van der Waals surface area contributed by atoms with Crippen molar-refractivity contribution in [3.63, 3.8) is 0 Å². The van der Waals surface area contributed by atoms with Gasteiger partial charge in [-0.1, -0.05) is 18.2 Å². The first-order valence-electron chi connectivity index (χ1n) is 6.85. The molecule has 128 valence electrons. The maximum absolute atomic E-state index is 13.2. The first-order valence-corrected chi connectivity index (χ1v) is 8.74. The van der Waals surface area contributed by atoms with E-state index in [4.69, 9.17) is 0 Å². The first kappa shape index (κ1) is 17.8. The van der Waals surface area contributed by atoms with E-state index in [0.29, 0.717) is 5.56 Å². The third-order valence-electron chi connectivity index (χ3n) is 3.30. The molecule has 0 amide bonds. The highest BCUT2D eigenvalue weighted by Gasteiger charge is 2.26. The molecule has 9 heteroatoms. The maximum Gasteiger partial charge on any atom is 0.310 e. The van der Waals surface area contributed by atoms with Gasteiger partial charge in [0.25, 0.3) is 0 Å². The molecule has 0 aliphatic rings. The number of benzene rings is 2. The first-order chi connectivity index (χ1) is 11.2. The second-order valence-electron chi connectivity index (χ2n) is 5.13. The van der Waals surface area contributed by atoms with Gasteiger partial charge in [-0.25, -0.2) is 12.8 Å². The third-order valence-corrected chi connectivity index (χ3v) is 4.43. The van der Waals surface area contributed by atoms with Crippen LogP contribution in [0.4, 0.5) is 15.8 Å². The van der Waals surface area contributed by atoms with Crippen molar-refractivity contribution in [2.24, 2.45) is 0 Å². The van der Waals surface area contributed by atoms with Crippen LogP contribution >= 0.6 is 0 Å². The summed E-state index contributed by atoms with van der Waals surface area (Å²) in [7, 11) is -3.79. The normalized spacial score (nSPS) is 12.6. The van der Waals surface area contributed by atoms with Crippen molar-refractivity contribution in [3.05, 3.63) is 64.0 Å². The minimum absolute atomic E-state index is 0.0432. The average molecular weight is 354 g/mol. The number of sulfone groups is 1. The molecular weight excluding hydrogens is 339 g/mol. The zero-order valence-electron chi connectivity index (χ0n) is 12.6. The number of nitro groups is 1. The molecule has 1 unspecified atom stereocenters. The zero-order valence-corrected chi connectivity index (χ0v) is 13.5. The predicted octanol–water partition coefficient (Wildman–Crippen LogP) is 2.28. The summed E-state index contributed by atoms with van der Waals surface area (Å²) in [6.45, 7) is -0.155. The van der Waals surface area contributed by atoms with Crippen LogP contribution in [-0.4, -0.2) is 31.2 Å². The van der Waals surface area contributed by atoms with Crippen LogP contribution in [0.5, 0.6) is 0 Å². The van der Waals surface area contributed by atoms with Crippen LogP contribution in [0.1, 0.15) is 11.7 Å². The molecule has 24 heavy (non-hydrogen) atoms. The lowest BCUT2D eigenvalue weighted by molar-refractivity contribution is -0.386. The largest absolute Gasteiger partial charge is 0.387 e. The Bertz CT molecular complexity index is 870. The highest BCUT2D eigenvalue weighted by atomic mass is 32.2. The van der Waals surface area contributed by atoms with Gasteiger partial charge < -0.3 is 10.4 Å². The number of aliphatic hydroxyl groups is 1. The van der Waals surface area contributed by atoms with E-state index in [0.717, 1.165) is 18.4 Å². The van der Waals surface area contributed by atoms with Crippen molar-refractivity contribution in [1.82, 2.24) is 0 Å². The predicted molar refractivity (Wildman–Crippen MR) is 86.1 cm³/mol. The molecule has 0 radical (unpaired) electrons. The Morgan fingerprint density at radius 2 is 1.96 bits per heavy atom. The number of para-hydroxylation sites is 1. The minimum Gasteiger partial charge on any atom is -0.387 e. The summed E-state index contributed by atoms with van der Waals surface area (Å²) < 4.78 is 36.5. The second kappa shape index (κ2) is 6.93. The van der Waals surface area contributed by atoms with Crippen LogP contribution in [0, 0.1) is 15.9 Å². The Kier molecular flexibility index (Phi) is 5.15. The van der Waals surface area contributed by atoms with Gasteiger partial charge in [-0.15, -0.1) is 0 Å². The third kappa shape index (κ3) is 4.06. The SMILES string of the molecule is CS(=O)(=O)c1cccc(NCC(O)c2cccc(F)c2)c1[N+](=O)[O-]. The lowest BCUT2D eigenvalue weighted by atomic mass is 10.1. The number of hydrogen-bond acceptors (Lipinski definition) is 6. The summed E-state index contributed by atoms with van der Waals surface area (Å²) in [4.78, 5) is 10.0. The van der Waals surface area contributed by atoms with Gasteiger partial charge in [-0.3, -0.25) is 10.1 Å². The van der Waals surface area contributed by atoms with Crippen molar-refractivity contribution in [2.45, 2.75) is 11.0 Å². The molecule has 0 aliphatic heterocycles. The van der Waals surface area contributed by atoms with E-state index in [2.05, 4.69) is 5.32 Å². The minimum atomic E-state index is -3.79. The highest BCUT2D eigenvalue weighted by molar-refractivity contribution is 7.90. The van der Waals surface area contributed by atoms with Gasteiger partial charge in [0.05, 0.1) is 11.0 Å². The molecule has 0 spiro atoms. The molecule has 0 aliphatic carbocycles. The smallest absolute Gasteiger partial charge is 0.310 e. The maximum atomic E-state index is 13.2. The summed E-state index contributed by atoms with van der Waals surface area (Å²) in [5, 5.41) is 23.9. The van der Waals surface area contributed by atoms with E-state index in [-0.39, 0.29) is 12.2 Å². The summed E-state index contributed by atoms with van der Waals surface area (Å²) in [5.41, 5.74) is -0.339. The van der Waals surface area contributed by atoms with E-state index in [1.807, 2.05) is 0 Å². The molecule has 2 N–H and O–H groups in total. The van der Waals surface area contributed by atoms with Crippen molar-refractivity contribution in [2.75, 3.05) is 18.1 Å². The fourth-order valence-corrected chi connectivity index (χ4v) is 3.05. The van der Waals surface area contributed by atoms with Crippen molar-refractivity contribution < 1.29 is 22.8 Å². The molecule has 2 aromatic rings. The zero-order chi connectivity index (χ0) is 17.9.